The fourth-order valence-corrected chi connectivity index (χ4v) is 2.02. The number of nitrogens with zero attached hydrogens (tertiary/aromatic N) is 1. The van der Waals surface area contributed by atoms with Crippen LogP contribution in [0.1, 0.15) is 26.7 Å². The van der Waals surface area contributed by atoms with Gasteiger partial charge >= 0.3 is 7.27 Å². The Balaban J connectivity index is 2.31. The highest BCUT2D eigenvalue weighted by atomic mass is 19.2. The van der Waals surface area contributed by atoms with E-state index >= 15 is 0 Å². The highest BCUT2D eigenvalue weighted by molar-refractivity contribution is 6.42. The molecule has 0 amide bonds. The van der Waals surface area contributed by atoms with Crippen molar-refractivity contribution in [1.29, 1.82) is 0 Å². The van der Waals surface area contributed by atoms with Crippen molar-refractivity contribution in [2.45, 2.75) is 32.3 Å². The molecule has 0 radical (unpaired) electrons. The summed E-state index contributed by atoms with van der Waals surface area (Å²) in [6, 6.07) is 0. The number of hydrogen-bond donors (Lipinski definition) is 1. The van der Waals surface area contributed by atoms with Gasteiger partial charge in [-0.15, -0.1) is 0 Å². The first kappa shape index (κ1) is 11.9. The van der Waals surface area contributed by atoms with Crippen LogP contribution in [0.3, 0.4) is 0 Å². The average molecular weight is 205 g/mol. The Morgan fingerprint density at radius 1 is 1.36 bits per heavy atom. The average Bonchev–Trinajstić information content (AvgIpc) is 2.02. The molecule has 0 aliphatic carbocycles. The molecular formula is C9H18BF2NO. The first-order valence-corrected chi connectivity index (χ1v) is 5.12. The summed E-state index contributed by atoms with van der Waals surface area (Å²) in [4.78, 5) is 1.77. The van der Waals surface area contributed by atoms with Crippen molar-refractivity contribution in [3.63, 3.8) is 0 Å². The van der Waals surface area contributed by atoms with E-state index in [4.69, 9.17) is 0 Å². The predicted octanol–water partition coefficient (Wildman–Crippen LogP) is 1.44. The first-order valence-electron chi connectivity index (χ1n) is 5.12. The molecule has 0 aromatic carbocycles. The van der Waals surface area contributed by atoms with Gasteiger partial charge in [0.1, 0.15) is 0 Å². The van der Waals surface area contributed by atoms with Gasteiger partial charge in [0.25, 0.3) is 0 Å². The fourth-order valence-electron chi connectivity index (χ4n) is 2.02. The van der Waals surface area contributed by atoms with E-state index in [0.29, 0.717) is 13.1 Å². The van der Waals surface area contributed by atoms with Crippen LogP contribution in [0.5, 0.6) is 0 Å². The van der Waals surface area contributed by atoms with Crippen LogP contribution in [-0.4, -0.2) is 42.4 Å². The number of halogens is 2. The lowest BCUT2D eigenvalue weighted by Gasteiger charge is -2.37. The Morgan fingerprint density at radius 2 is 1.86 bits per heavy atom. The highest BCUT2D eigenvalue weighted by Gasteiger charge is 2.31. The summed E-state index contributed by atoms with van der Waals surface area (Å²) in [6.45, 7) is 4.94. The molecule has 0 bridgehead atoms. The van der Waals surface area contributed by atoms with Crippen LogP contribution in [-0.2, 0) is 0 Å². The standard InChI is InChI=1S/C9H18BF2NO/c1-9(2,14)8-3-5-13(6-4-8)7-10(11)12/h8,14H,3-7H2,1-2H3. The zero-order valence-corrected chi connectivity index (χ0v) is 8.84. The third-order valence-electron chi connectivity index (χ3n) is 2.98. The maximum atomic E-state index is 12.1. The smallest absolute Gasteiger partial charge is 0.390 e. The van der Waals surface area contributed by atoms with Crippen molar-refractivity contribution in [2.24, 2.45) is 5.92 Å². The molecule has 5 heteroatoms. The molecule has 0 atom stereocenters. The van der Waals surface area contributed by atoms with Gasteiger partial charge in [-0.05, 0) is 45.7 Å². The molecule has 0 unspecified atom stereocenters. The molecular weight excluding hydrogens is 187 g/mol. The Hall–Kier alpha value is -0.155. The largest absolute Gasteiger partial charge is 0.551 e. The van der Waals surface area contributed by atoms with E-state index in [1.165, 1.54) is 0 Å². The number of hydrogen-bond acceptors (Lipinski definition) is 2. The topological polar surface area (TPSA) is 23.5 Å². The molecule has 1 N–H and O–H groups in total. The zero-order chi connectivity index (χ0) is 10.8. The van der Waals surface area contributed by atoms with Crippen LogP contribution in [0.15, 0.2) is 0 Å². The van der Waals surface area contributed by atoms with Crippen LogP contribution in [0.4, 0.5) is 8.63 Å². The van der Waals surface area contributed by atoms with Crippen LogP contribution in [0.25, 0.3) is 0 Å². The van der Waals surface area contributed by atoms with Gasteiger partial charge in [-0.3, -0.25) is 8.63 Å². The summed E-state index contributed by atoms with van der Waals surface area (Å²) < 4.78 is 24.1. The van der Waals surface area contributed by atoms with E-state index in [1.807, 2.05) is 0 Å². The first-order chi connectivity index (χ1) is 6.39. The van der Waals surface area contributed by atoms with Gasteiger partial charge in [0.2, 0.25) is 0 Å². The second kappa shape index (κ2) is 4.58. The minimum Gasteiger partial charge on any atom is -0.390 e. The van der Waals surface area contributed by atoms with Crippen LogP contribution < -0.4 is 0 Å². The van der Waals surface area contributed by atoms with Crippen LogP contribution >= 0.6 is 0 Å². The van der Waals surface area contributed by atoms with E-state index in [9.17, 15) is 13.7 Å². The second-order valence-electron chi connectivity index (χ2n) is 4.62. The molecule has 0 aromatic heterocycles. The molecule has 1 rings (SSSR count). The molecule has 1 heterocycles. The number of likely N-dealkylation sites (tertiary alicyclic amines) is 1. The summed E-state index contributed by atoms with van der Waals surface area (Å²) in [7, 11) is -2.24. The zero-order valence-electron chi connectivity index (χ0n) is 8.84. The van der Waals surface area contributed by atoms with E-state index in [1.54, 1.807) is 18.7 Å². The van der Waals surface area contributed by atoms with Crippen molar-refractivity contribution >= 4 is 7.27 Å². The number of rotatable bonds is 3. The number of piperidine rings is 1. The van der Waals surface area contributed by atoms with Gasteiger partial charge in [0.05, 0.1) is 5.60 Å². The number of aliphatic hydroxyl groups is 1. The lowest BCUT2D eigenvalue weighted by Crippen LogP contribution is -2.43. The van der Waals surface area contributed by atoms with E-state index in [-0.39, 0.29) is 12.4 Å². The lowest BCUT2D eigenvalue weighted by molar-refractivity contribution is -0.0107. The molecule has 0 aromatic rings. The van der Waals surface area contributed by atoms with Gasteiger partial charge in [-0.1, -0.05) is 0 Å². The Kier molecular flexibility index (Phi) is 3.90. The molecule has 1 aliphatic heterocycles. The molecule has 0 spiro atoms. The van der Waals surface area contributed by atoms with Gasteiger partial charge in [0, 0.05) is 6.44 Å². The third-order valence-corrected chi connectivity index (χ3v) is 2.98. The fraction of sp³-hybridized carbons (Fsp3) is 1.00. The molecule has 1 saturated heterocycles. The maximum absolute atomic E-state index is 12.1. The molecule has 82 valence electrons. The van der Waals surface area contributed by atoms with E-state index in [0.717, 1.165) is 12.8 Å². The van der Waals surface area contributed by atoms with Gasteiger partial charge in [-0.2, -0.15) is 0 Å². The van der Waals surface area contributed by atoms with Crippen LogP contribution in [0.2, 0.25) is 0 Å². The lowest BCUT2D eigenvalue weighted by atomic mass is 9.82. The van der Waals surface area contributed by atoms with Gasteiger partial charge < -0.3 is 10.0 Å². The molecule has 1 fully saturated rings. The Bertz CT molecular complexity index is 176. The predicted molar refractivity (Wildman–Crippen MR) is 53.4 cm³/mol. The quantitative estimate of drug-likeness (QED) is 0.704. The highest BCUT2D eigenvalue weighted by Crippen LogP contribution is 2.27. The van der Waals surface area contributed by atoms with Crippen molar-refractivity contribution in [3.05, 3.63) is 0 Å². The minimum absolute atomic E-state index is 0.126. The van der Waals surface area contributed by atoms with Crippen LogP contribution in [0, 0.1) is 5.92 Å². The van der Waals surface area contributed by atoms with Crippen molar-refractivity contribution < 1.29 is 13.7 Å². The van der Waals surface area contributed by atoms with Crippen molar-refractivity contribution in [3.8, 4) is 0 Å². The molecule has 2 nitrogen and oxygen atoms in total. The SMILES string of the molecule is CC(C)(O)C1CCN(CB(F)F)CC1. The van der Waals surface area contributed by atoms with Crippen molar-refractivity contribution in [1.82, 2.24) is 4.90 Å². The Labute approximate surface area is 84.5 Å². The molecule has 1 aliphatic rings. The summed E-state index contributed by atoms with van der Waals surface area (Å²) >= 11 is 0. The van der Waals surface area contributed by atoms with Gasteiger partial charge in [0.15, 0.2) is 0 Å². The van der Waals surface area contributed by atoms with E-state index in [2.05, 4.69) is 0 Å². The maximum Gasteiger partial charge on any atom is 0.551 e. The summed E-state index contributed by atoms with van der Waals surface area (Å²) in [5.74, 6) is 0.247. The summed E-state index contributed by atoms with van der Waals surface area (Å²) in [6.07, 6.45) is 1.50. The molecule has 0 saturated carbocycles. The Morgan fingerprint density at radius 3 is 2.21 bits per heavy atom. The second-order valence-corrected chi connectivity index (χ2v) is 4.62. The van der Waals surface area contributed by atoms with Crippen molar-refractivity contribution in [2.75, 3.05) is 19.5 Å². The summed E-state index contributed by atoms with van der Waals surface area (Å²) in [5.41, 5.74) is -0.670. The third kappa shape index (κ3) is 3.54. The van der Waals surface area contributed by atoms with E-state index < -0.39 is 12.9 Å². The minimum atomic E-state index is -2.24. The molecule has 14 heavy (non-hydrogen) atoms. The summed E-state index contributed by atoms with van der Waals surface area (Å²) in [5, 5.41) is 9.74. The monoisotopic (exact) mass is 205 g/mol. The normalized spacial score (nSPS) is 21.2. The van der Waals surface area contributed by atoms with Gasteiger partial charge in [-0.25, -0.2) is 0 Å².